The van der Waals surface area contributed by atoms with E-state index in [4.69, 9.17) is 11.6 Å². The van der Waals surface area contributed by atoms with Crippen LogP contribution in [0.4, 0.5) is 17.6 Å². The Balaban J connectivity index is 2.65. The second kappa shape index (κ2) is 4.78. The zero-order chi connectivity index (χ0) is 15.1. The Bertz CT molecular complexity index is 771. The maximum atomic E-state index is 13.3. The minimum atomic E-state index is -5.85. The number of fused-ring (bicyclic) bond motifs is 1. The van der Waals surface area contributed by atoms with Crippen LogP contribution in [0.1, 0.15) is 0 Å². The molecular weight excluding hydrogens is 324 g/mol. The Labute approximate surface area is 115 Å². The number of halogens is 5. The van der Waals surface area contributed by atoms with Crippen LogP contribution in [0, 0.1) is 5.82 Å². The second-order valence-electron chi connectivity index (χ2n) is 3.70. The normalized spacial score (nSPS) is 12.7. The lowest BCUT2D eigenvalue weighted by Gasteiger charge is -2.12. The van der Waals surface area contributed by atoms with Gasteiger partial charge in [-0.1, -0.05) is 29.8 Å². The zero-order valence-corrected chi connectivity index (χ0v) is 11.0. The topological polar surface area (TPSA) is 43.4 Å². The maximum Gasteiger partial charge on any atom is 0.534 e. The summed E-state index contributed by atoms with van der Waals surface area (Å²) in [7, 11) is -5.85. The number of alkyl halides is 3. The zero-order valence-electron chi connectivity index (χ0n) is 9.41. The molecule has 2 rings (SSSR count). The first-order valence-corrected chi connectivity index (χ1v) is 6.79. The standard InChI is InChI=1S/C11H5ClF4O3S/c12-10-7(13)5-4-6-2-1-3-8(9(6)10)19-20(17,18)11(14,15)16/h1-5H. The first kappa shape index (κ1) is 14.9. The van der Waals surface area contributed by atoms with Gasteiger partial charge in [-0.05, 0) is 17.5 Å². The van der Waals surface area contributed by atoms with Crippen molar-refractivity contribution in [2.45, 2.75) is 5.51 Å². The Morgan fingerprint density at radius 3 is 2.35 bits per heavy atom. The molecule has 20 heavy (non-hydrogen) atoms. The molecule has 0 saturated heterocycles. The number of rotatable bonds is 2. The van der Waals surface area contributed by atoms with Crippen LogP contribution in [0.5, 0.6) is 5.75 Å². The van der Waals surface area contributed by atoms with Crippen LogP contribution in [0.3, 0.4) is 0 Å². The lowest BCUT2D eigenvalue weighted by atomic mass is 10.1. The Kier molecular flexibility index (Phi) is 3.55. The molecule has 0 fully saturated rings. The van der Waals surface area contributed by atoms with Gasteiger partial charge in [0.2, 0.25) is 0 Å². The van der Waals surface area contributed by atoms with Gasteiger partial charge in [0, 0.05) is 5.39 Å². The van der Waals surface area contributed by atoms with Crippen LogP contribution < -0.4 is 4.18 Å². The quantitative estimate of drug-likeness (QED) is 0.477. The fraction of sp³-hybridized carbons (Fsp3) is 0.0909. The summed E-state index contributed by atoms with van der Waals surface area (Å²) in [6, 6.07) is 5.89. The molecule has 2 aromatic rings. The SMILES string of the molecule is O=S(=O)(Oc1cccc2ccc(F)c(Cl)c12)C(F)(F)F. The van der Waals surface area contributed by atoms with Crippen LogP contribution in [-0.2, 0) is 10.1 Å². The lowest BCUT2D eigenvalue weighted by Crippen LogP contribution is -2.28. The highest BCUT2D eigenvalue weighted by Gasteiger charge is 2.48. The van der Waals surface area contributed by atoms with E-state index in [9.17, 15) is 26.0 Å². The molecule has 0 bridgehead atoms. The molecule has 3 nitrogen and oxygen atoms in total. The highest BCUT2D eigenvalue weighted by atomic mass is 35.5. The maximum absolute atomic E-state index is 13.3. The van der Waals surface area contributed by atoms with Gasteiger partial charge in [0.1, 0.15) is 5.82 Å². The first-order chi connectivity index (χ1) is 9.13. The van der Waals surface area contributed by atoms with E-state index >= 15 is 0 Å². The molecule has 0 amide bonds. The minimum absolute atomic E-state index is 0.242. The average molecular weight is 329 g/mol. The molecule has 0 spiro atoms. The van der Waals surface area contributed by atoms with Gasteiger partial charge in [0.25, 0.3) is 0 Å². The van der Waals surface area contributed by atoms with E-state index in [1.54, 1.807) is 0 Å². The summed E-state index contributed by atoms with van der Waals surface area (Å²) in [6.07, 6.45) is 0. The molecule has 0 heterocycles. The van der Waals surface area contributed by atoms with Crippen molar-refractivity contribution in [3.05, 3.63) is 41.2 Å². The van der Waals surface area contributed by atoms with E-state index in [0.29, 0.717) is 0 Å². The summed E-state index contributed by atoms with van der Waals surface area (Å²) in [5, 5.41) is -0.524. The van der Waals surface area contributed by atoms with Gasteiger partial charge in [0.05, 0.1) is 5.02 Å². The number of benzene rings is 2. The molecule has 0 aliphatic carbocycles. The van der Waals surface area contributed by atoms with E-state index in [2.05, 4.69) is 4.18 Å². The second-order valence-corrected chi connectivity index (χ2v) is 5.61. The Morgan fingerprint density at radius 2 is 1.75 bits per heavy atom. The van der Waals surface area contributed by atoms with Gasteiger partial charge in [-0.25, -0.2) is 4.39 Å². The van der Waals surface area contributed by atoms with Crippen molar-refractivity contribution < 1.29 is 30.2 Å². The predicted molar refractivity (Wildman–Crippen MR) is 64.5 cm³/mol. The molecular formula is C11H5ClF4O3S. The average Bonchev–Trinajstić information content (AvgIpc) is 2.32. The molecule has 0 aliphatic heterocycles. The third-order valence-electron chi connectivity index (χ3n) is 2.38. The van der Waals surface area contributed by atoms with Gasteiger partial charge in [-0.2, -0.15) is 21.6 Å². The molecule has 0 unspecified atom stereocenters. The van der Waals surface area contributed by atoms with E-state index in [1.165, 1.54) is 18.2 Å². The van der Waals surface area contributed by atoms with E-state index in [1.807, 2.05) is 0 Å². The number of hydrogen-bond donors (Lipinski definition) is 0. The summed E-state index contributed by atoms with van der Waals surface area (Å²) in [5.41, 5.74) is -5.59. The predicted octanol–water partition coefficient (Wildman–Crippen LogP) is 3.86. The van der Waals surface area contributed by atoms with Crippen molar-refractivity contribution >= 4 is 32.5 Å². The molecule has 0 N–H and O–H groups in total. The van der Waals surface area contributed by atoms with Crippen molar-refractivity contribution in [1.29, 1.82) is 0 Å². The number of hydrogen-bond acceptors (Lipinski definition) is 3. The highest BCUT2D eigenvalue weighted by Crippen LogP contribution is 2.36. The molecule has 0 saturated carbocycles. The van der Waals surface area contributed by atoms with Crippen molar-refractivity contribution in [3.63, 3.8) is 0 Å². The van der Waals surface area contributed by atoms with E-state index in [0.717, 1.165) is 12.1 Å². The third kappa shape index (κ3) is 2.53. The summed E-state index contributed by atoms with van der Waals surface area (Å²) < 4.78 is 76.1. The smallest absolute Gasteiger partial charge is 0.375 e. The van der Waals surface area contributed by atoms with Crippen molar-refractivity contribution in [1.82, 2.24) is 0 Å². The first-order valence-electron chi connectivity index (χ1n) is 5.01. The third-order valence-corrected chi connectivity index (χ3v) is 3.72. The Hall–Kier alpha value is -1.54. The summed E-state index contributed by atoms with van der Waals surface area (Å²) >= 11 is 5.64. The van der Waals surface area contributed by atoms with E-state index < -0.39 is 32.2 Å². The molecule has 0 radical (unpaired) electrons. The molecule has 0 aliphatic rings. The lowest BCUT2D eigenvalue weighted by molar-refractivity contribution is -0.0499. The molecule has 2 aromatic carbocycles. The minimum Gasteiger partial charge on any atom is -0.375 e. The molecule has 0 aromatic heterocycles. The van der Waals surface area contributed by atoms with Crippen LogP contribution in [-0.4, -0.2) is 13.9 Å². The Morgan fingerprint density at radius 1 is 1.10 bits per heavy atom. The fourth-order valence-corrected chi connectivity index (χ4v) is 2.25. The van der Waals surface area contributed by atoms with Gasteiger partial charge < -0.3 is 4.18 Å². The molecule has 9 heteroatoms. The van der Waals surface area contributed by atoms with E-state index in [-0.39, 0.29) is 10.8 Å². The van der Waals surface area contributed by atoms with Crippen LogP contribution >= 0.6 is 11.6 Å². The van der Waals surface area contributed by atoms with Crippen molar-refractivity contribution in [3.8, 4) is 5.75 Å². The van der Waals surface area contributed by atoms with Crippen molar-refractivity contribution in [2.75, 3.05) is 0 Å². The largest absolute Gasteiger partial charge is 0.534 e. The van der Waals surface area contributed by atoms with Crippen LogP contribution in [0.25, 0.3) is 10.8 Å². The molecule has 0 atom stereocenters. The van der Waals surface area contributed by atoms with Crippen molar-refractivity contribution in [2.24, 2.45) is 0 Å². The van der Waals surface area contributed by atoms with Gasteiger partial charge in [0.15, 0.2) is 5.75 Å². The van der Waals surface area contributed by atoms with Crippen LogP contribution in [0.15, 0.2) is 30.3 Å². The summed E-state index contributed by atoms with van der Waals surface area (Å²) in [6.45, 7) is 0. The monoisotopic (exact) mass is 328 g/mol. The highest BCUT2D eigenvalue weighted by molar-refractivity contribution is 7.88. The van der Waals surface area contributed by atoms with Crippen LogP contribution in [0.2, 0.25) is 5.02 Å². The van der Waals surface area contributed by atoms with Gasteiger partial charge in [-0.3, -0.25) is 0 Å². The summed E-state index contributed by atoms with van der Waals surface area (Å²) in [4.78, 5) is 0. The van der Waals surface area contributed by atoms with Gasteiger partial charge in [-0.15, -0.1) is 0 Å². The molecule has 108 valence electrons. The summed E-state index contributed by atoms with van der Waals surface area (Å²) in [5.74, 6) is -1.59. The fourth-order valence-electron chi connectivity index (χ4n) is 1.51. The van der Waals surface area contributed by atoms with Gasteiger partial charge >= 0.3 is 15.6 Å².